The number of halogens is 3. The molecule has 3 aromatic rings. The summed E-state index contributed by atoms with van der Waals surface area (Å²) in [4.78, 5) is 11.4. The van der Waals surface area contributed by atoms with Crippen molar-refractivity contribution < 1.29 is 9.18 Å². The maximum atomic E-state index is 13.1. The molecule has 0 unspecified atom stereocenters. The minimum absolute atomic E-state index is 0.339. The average Bonchev–Trinajstić information content (AvgIpc) is 2.85. The van der Waals surface area contributed by atoms with Gasteiger partial charge in [0, 0.05) is 5.56 Å². The quantitative estimate of drug-likeness (QED) is 0.606. The van der Waals surface area contributed by atoms with Gasteiger partial charge in [0.05, 0.1) is 16.3 Å². The van der Waals surface area contributed by atoms with Crippen molar-refractivity contribution in [3.63, 3.8) is 0 Å². The summed E-state index contributed by atoms with van der Waals surface area (Å²) in [5.41, 5.74) is 2.15. The van der Waals surface area contributed by atoms with E-state index in [2.05, 4.69) is 21.0 Å². The molecule has 110 valence electrons. The highest BCUT2D eigenvalue weighted by molar-refractivity contribution is 9.10. The molecule has 0 aliphatic carbocycles. The number of benzene rings is 2. The van der Waals surface area contributed by atoms with Crippen LogP contribution in [0.15, 0.2) is 53.1 Å². The second kappa shape index (κ2) is 6.02. The highest BCUT2D eigenvalue weighted by Gasteiger charge is 2.19. The van der Waals surface area contributed by atoms with Crippen LogP contribution in [-0.2, 0) is 0 Å². The number of rotatable bonds is 3. The van der Waals surface area contributed by atoms with Gasteiger partial charge in [-0.05, 0) is 46.3 Å². The summed E-state index contributed by atoms with van der Waals surface area (Å²) < 4.78 is 15.1. The average molecular weight is 380 g/mol. The molecule has 0 bridgehead atoms. The van der Waals surface area contributed by atoms with E-state index in [1.54, 1.807) is 30.3 Å². The Balaban J connectivity index is 2.21. The predicted octanol–water partition coefficient (Wildman–Crippen LogP) is 4.91. The smallest absolute Gasteiger partial charge is 0.155 e. The van der Waals surface area contributed by atoms with Crippen molar-refractivity contribution in [2.75, 3.05) is 0 Å². The lowest BCUT2D eigenvalue weighted by molar-refractivity contribution is 0.112. The van der Waals surface area contributed by atoms with Gasteiger partial charge in [-0.25, -0.2) is 9.07 Å². The van der Waals surface area contributed by atoms with Gasteiger partial charge in [-0.1, -0.05) is 29.8 Å². The first kappa shape index (κ1) is 14.9. The first-order chi connectivity index (χ1) is 10.6. The van der Waals surface area contributed by atoms with Crippen LogP contribution in [0.5, 0.6) is 0 Å². The lowest BCUT2D eigenvalue weighted by Crippen LogP contribution is -1.97. The molecular formula is C16H9BrClFN2O. The number of aromatic nitrogens is 2. The van der Waals surface area contributed by atoms with Crippen LogP contribution in [0.1, 0.15) is 10.4 Å². The van der Waals surface area contributed by atoms with E-state index < -0.39 is 0 Å². The molecule has 1 heterocycles. The van der Waals surface area contributed by atoms with E-state index in [1.165, 1.54) is 16.8 Å². The lowest BCUT2D eigenvalue weighted by atomic mass is 10.1. The van der Waals surface area contributed by atoms with Gasteiger partial charge in [-0.2, -0.15) is 5.10 Å². The molecule has 0 atom stereocenters. The van der Waals surface area contributed by atoms with Gasteiger partial charge in [0.1, 0.15) is 16.1 Å². The molecule has 1 aromatic heterocycles. The molecule has 22 heavy (non-hydrogen) atoms. The van der Waals surface area contributed by atoms with Crippen molar-refractivity contribution in [1.82, 2.24) is 9.78 Å². The summed E-state index contributed by atoms with van der Waals surface area (Å²) in [6.07, 6.45) is 0.718. The Bertz CT molecular complexity index is 846. The monoisotopic (exact) mass is 378 g/mol. The predicted molar refractivity (Wildman–Crippen MR) is 87.1 cm³/mol. The summed E-state index contributed by atoms with van der Waals surface area (Å²) in [6, 6.07) is 13.0. The first-order valence-electron chi connectivity index (χ1n) is 6.36. The van der Waals surface area contributed by atoms with E-state index in [1.807, 2.05) is 6.07 Å². The third kappa shape index (κ3) is 2.58. The fourth-order valence-corrected chi connectivity index (χ4v) is 2.91. The van der Waals surface area contributed by atoms with Crippen LogP contribution in [0, 0.1) is 5.82 Å². The normalized spacial score (nSPS) is 10.7. The van der Waals surface area contributed by atoms with Crippen LogP contribution < -0.4 is 0 Å². The van der Waals surface area contributed by atoms with Gasteiger partial charge >= 0.3 is 0 Å². The van der Waals surface area contributed by atoms with Crippen LogP contribution in [0.4, 0.5) is 4.39 Å². The van der Waals surface area contributed by atoms with Gasteiger partial charge in [0.15, 0.2) is 6.29 Å². The maximum absolute atomic E-state index is 13.1. The Morgan fingerprint density at radius 3 is 2.45 bits per heavy atom. The molecule has 6 heteroatoms. The lowest BCUT2D eigenvalue weighted by Gasteiger charge is -2.03. The molecule has 0 N–H and O–H groups in total. The Morgan fingerprint density at radius 1 is 1.14 bits per heavy atom. The minimum atomic E-state index is -0.339. The molecule has 0 saturated carbocycles. The van der Waals surface area contributed by atoms with E-state index in [0.29, 0.717) is 32.1 Å². The third-order valence-corrected chi connectivity index (χ3v) is 4.27. The van der Waals surface area contributed by atoms with Gasteiger partial charge in [-0.15, -0.1) is 0 Å². The highest BCUT2D eigenvalue weighted by atomic mass is 79.9. The van der Waals surface area contributed by atoms with Crippen LogP contribution in [0.2, 0.25) is 5.02 Å². The first-order valence-corrected chi connectivity index (χ1v) is 7.53. The van der Waals surface area contributed by atoms with Crippen molar-refractivity contribution in [3.05, 3.63) is 69.5 Å². The fourth-order valence-electron chi connectivity index (χ4n) is 2.12. The number of hydrogen-bond acceptors (Lipinski definition) is 2. The molecule has 0 amide bonds. The zero-order valence-corrected chi connectivity index (χ0v) is 13.5. The topological polar surface area (TPSA) is 34.9 Å². The molecular weight excluding hydrogens is 371 g/mol. The van der Waals surface area contributed by atoms with Crippen molar-refractivity contribution in [3.8, 4) is 16.9 Å². The van der Waals surface area contributed by atoms with Crippen molar-refractivity contribution in [1.29, 1.82) is 0 Å². The molecule has 0 aliphatic heterocycles. The summed E-state index contributed by atoms with van der Waals surface area (Å²) >= 11 is 9.56. The largest absolute Gasteiger partial charge is 0.298 e. The zero-order valence-electron chi connectivity index (χ0n) is 11.1. The van der Waals surface area contributed by atoms with Crippen LogP contribution in [0.3, 0.4) is 0 Å². The van der Waals surface area contributed by atoms with Crippen molar-refractivity contribution >= 4 is 33.8 Å². The minimum Gasteiger partial charge on any atom is -0.298 e. The summed E-state index contributed by atoms with van der Waals surface area (Å²) in [6.45, 7) is 0. The van der Waals surface area contributed by atoms with E-state index in [0.717, 1.165) is 6.29 Å². The second-order valence-electron chi connectivity index (χ2n) is 4.54. The van der Waals surface area contributed by atoms with E-state index in [4.69, 9.17) is 11.6 Å². The molecule has 0 fully saturated rings. The Kier molecular flexibility index (Phi) is 4.09. The Hall–Kier alpha value is -1.98. The van der Waals surface area contributed by atoms with Crippen LogP contribution >= 0.6 is 27.5 Å². The SMILES string of the molecule is O=Cc1c(-c2ccccc2Cl)nn(-c2ccc(F)cc2)c1Br. The fraction of sp³-hybridized carbons (Fsp3) is 0. The highest BCUT2D eigenvalue weighted by Crippen LogP contribution is 2.33. The summed E-state index contributed by atoms with van der Waals surface area (Å²) in [5, 5.41) is 4.94. The zero-order chi connectivity index (χ0) is 15.7. The number of nitrogens with zero attached hydrogens (tertiary/aromatic N) is 2. The Labute approximate surface area is 139 Å². The number of carbonyl (C=O) groups excluding carboxylic acids is 1. The van der Waals surface area contributed by atoms with Crippen molar-refractivity contribution in [2.24, 2.45) is 0 Å². The van der Waals surface area contributed by atoms with E-state index >= 15 is 0 Å². The number of aldehydes is 1. The molecule has 3 rings (SSSR count). The van der Waals surface area contributed by atoms with Crippen LogP contribution in [0.25, 0.3) is 16.9 Å². The second-order valence-corrected chi connectivity index (χ2v) is 5.70. The summed E-state index contributed by atoms with van der Waals surface area (Å²) in [5.74, 6) is -0.339. The van der Waals surface area contributed by atoms with Gasteiger partial charge < -0.3 is 0 Å². The van der Waals surface area contributed by atoms with Gasteiger partial charge in [0.2, 0.25) is 0 Å². The maximum Gasteiger partial charge on any atom is 0.155 e. The van der Waals surface area contributed by atoms with Gasteiger partial charge in [-0.3, -0.25) is 4.79 Å². The third-order valence-electron chi connectivity index (χ3n) is 3.18. The molecule has 2 aromatic carbocycles. The van der Waals surface area contributed by atoms with Gasteiger partial charge in [0.25, 0.3) is 0 Å². The molecule has 3 nitrogen and oxygen atoms in total. The number of hydrogen-bond donors (Lipinski definition) is 0. The Morgan fingerprint density at radius 2 is 1.82 bits per heavy atom. The van der Waals surface area contributed by atoms with E-state index in [-0.39, 0.29) is 5.82 Å². The molecule has 0 saturated heterocycles. The standard InChI is InChI=1S/C16H9BrClFN2O/c17-16-13(9-22)15(12-3-1-2-4-14(12)18)20-21(16)11-7-5-10(19)6-8-11/h1-9H. The number of carbonyl (C=O) groups is 1. The molecule has 0 spiro atoms. The summed E-state index contributed by atoms with van der Waals surface area (Å²) in [7, 11) is 0. The van der Waals surface area contributed by atoms with Crippen molar-refractivity contribution in [2.45, 2.75) is 0 Å². The molecule has 0 radical (unpaired) electrons. The van der Waals surface area contributed by atoms with Crippen LogP contribution in [-0.4, -0.2) is 16.1 Å². The van der Waals surface area contributed by atoms with E-state index in [9.17, 15) is 9.18 Å². The molecule has 0 aliphatic rings.